The maximum absolute atomic E-state index is 5.47. The lowest BCUT2D eigenvalue weighted by Gasteiger charge is -1.97. The summed E-state index contributed by atoms with van der Waals surface area (Å²) in [7, 11) is 0. The predicted octanol–water partition coefficient (Wildman–Crippen LogP) is 2.41. The third kappa shape index (κ3) is 4.57. The van der Waals surface area contributed by atoms with Crippen molar-refractivity contribution in [3.05, 3.63) is 35.5 Å². The van der Waals surface area contributed by atoms with Gasteiger partial charge in [0.1, 0.15) is 0 Å². The zero-order valence-corrected chi connectivity index (χ0v) is 7.59. The fourth-order valence-electron chi connectivity index (χ4n) is 0.614. The van der Waals surface area contributed by atoms with Crippen molar-refractivity contribution in [2.24, 2.45) is 5.73 Å². The maximum Gasteiger partial charge on any atom is 0.0139 e. The first-order valence-corrected chi connectivity index (χ1v) is 3.88. The molecule has 0 atom stereocenters. The number of hydrogen-bond donors (Lipinski definition) is 1. The Labute approximate surface area is 69.3 Å². The van der Waals surface area contributed by atoms with E-state index in [9.17, 15) is 0 Å². The number of hydrogen-bond acceptors (Lipinski definition) is 1. The largest absolute Gasteiger partial charge is 0.327 e. The fourth-order valence-corrected chi connectivity index (χ4v) is 0.614. The molecule has 0 aliphatic heterocycles. The Morgan fingerprint density at radius 1 is 1.27 bits per heavy atom. The minimum atomic E-state index is 0.645. The summed E-state index contributed by atoms with van der Waals surface area (Å²) in [5.74, 6) is 0. The molecule has 0 aromatic carbocycles. The highest BCUT2D eigenvalue weighted by atomic mass is 14.5. The fraction of sp³-hybridized carbons (Fsp3) is 0.400. The van der Waals surface area contributed by atoms with Crippen LogP contribution in [0.2, 0.25) is 0 Å². The van der Waals surface area contributed by atoms with Gasteiger partial charge in [-0.3, -0.25) is 0 Å². The molecule has 0 fully saturated rings. The second-order valence-electron chi connectivity index (χ2n) is 2.55. The van der Waals surface area contributed by atoms with E-state index in [1.54, 1.807) is 0 Å². The molecule has 0 spiro atoms. The lowest BCUT2D eigenvalue weighted by atomic mass is 10.1. The van der Waals surface area contributed by atoms with Crippen molar-refractivity contribution in [3.8, 4) is 0 Å². The molecule has 0 aromatic rings. The predicted molar refractivity (Wildman–Crippen MR) is 51.4 cm³/mol. The van der Waals surface area contributed by atoms with E-state index in [2.05, 4.69) is 19.9 Å². The van der Waals surface area contributed by atoms with E-state index in [-0.39, 0.29) is 0 Å². The molecule has 11 heavy (non-hydrogen) atoms. The summed E-state index contributed by atoms with van der Waals surface area (Å²) in [5.41, 5.74) is 7.96. The van der Waals surface area contributed by atoms with Gasteiger partial charge in [-0.25, -0.2) is 0 Å². The first-order valence-electron chi connectivity index (χ1n) is 3.88. The highest BCUT2D eigenvalue weighted by Crippen LogP contribution is 2.02. The average molecular weight is 151 g/mol. The van der Waals surface area contributed by atoms with Crippen molar-refractivity contribution < 1.29 is 0 Å². The normalized spacial score (nSPS) is 14.5. The molecule has 0 unspecified atom stereocenters. The van der Waals surface area contributed by atoms with Gasteiger partial charge in [-0.1, -0.05) is 35.5 Å². The molecule has 0 aromatic heterocycles. The molecule has 2 N–H and O–H groups in total. The van der Waals surface area contributed by atoms with Gasteiger partial charge in [-0.05, 0) is 20.8 Å². The molecule has 0 amide bonds. The molecule has 0 radical (unpaired) electrons. The summed E-state index contributed by atoms with van der Waals surface area (Å²) < 4.78 is 0. The molecule has 0 rings (SSSR count). The van der Waals surface area contributed by atoms with Crippen molar-refractivity contribution in [1.82, 2.24) is 0 Å². The zero-order chi connectivity index (χ0) is 8.69. The summed E-state index contributed by atoms with van der Waals surface area (Å²) in [4.78, 5) is 0. The van der Waals surface area contributed by atoms with E-state index in [0.29, 0.717) is 6.54 Å². The molecular weight excluding hydrogens is 134 g/mol. The van der Waals surface area contributed by atoms with E-state index in [1.807, 2.05) is 25.2 Å². The van der Waals surface area contributed by atoms with E-state index in [1.165, 1.54) is 11.1 Å². The molecule has 62 valence electrons. The Kier molecular flexibility index (Phi) is 5.49. The standard InChI is InChI=1S/C10H17N/c1-4-5-6-7-9(2)10(3)8-11/h4-7H,8,11H2,1-3H3/b5-4-,7-6-,10-9+. The molecule has 1 heteroatoms. The van der Waals surface area contributed by atoms with Crippen LogP contribution in [0.5, 0.6) is 0 Å². The van der Waals surface area contributed by atoms with Crippen molar-refractivity contribution in [2.45, 2.75) is 20.8 Å². The van der Waals surface area contributed by atoms with Gasteiger partial charge in [0.25, 0.3) is 0 Å². The lowest BCUT2D eigenvalue weighted by molar-refractivity contribution is 1.11. The van der Waals surface area contributed by atoms with Gasteiger partial charge in [0, 0.05) is 6.54 Å². The van der Waals surface area contributed by atoms with E-state index < -0.39 is 0 Å². The third-order valence-corrected chi connectivity index (χ3v) is 1.63. The highest BCUT2D eigenvalue weighted by molar-refractivity contribution is 5.25. The summed E-state index contributed by atoms with van der Waals surface area (Å²) in [6.45, 7) is 6.77. The van der Waals surface area contributed by atoms with Gasteiger partial charge in [0.15, 0.2) is 0 Å². The SMILES string of the molecule is C\C=C/C=C\C(C)=C(/C)CN. The highest BCUT2D eigenvalue weighted by Gasteiger charge is 1.87. The van der Waals surface area contributed by atoms with E-state index in [0.717, 1.165) is 0 Å². The van der Waals surface area contributed by atoms with Gasteiger partial charge in [0.2, 0.25) is 0 Å². The summed E-state index contributed by atoms with van der Waals surface area (Å²) in [5, 5.41) is 0. The van der Waals surface area contributed by atoms with Crippen LogP contribution < -0.4 is 5.73 Å². The summed E-state index contributed by atoms with van der Waals surface area (Å²) in [6, 6.07) is 0. The molecule has 0 bridgehead atoms. The van der Waals surface area contributed by atoms with Crippen LogP contribution in [0.1, 0.15) is 20.8 Å². The molecule has 1 nitrogen and oxygen atoms in total. The Morgan fingerprint density at radius 3 is 2.36 bits per heavy atom. The monoisotopic (exact) mass is 151 g/mol. The minimum absolute atomic E-state index is 0.645. The second kappa shape index (κ2) is 5.93. The molecular formula is C10H17N. The Morgan fingerprint density at radius 2 is 1.91 bits per heavy atom. The average Bonchev–Trinajstić information content (AvgIpc) is 2.03. The summed E-state index contributed by atoms with van der Waals surface area (Å²) >= 11 is 0. The van der Waals surface area contributed by atoms with Gasteiger partial charge in [-0.15, -0.1) is 0 Å². The van der Waals surface area contributed by atoms with Crippen LogP contribution in [-0.4, -0.2) is 6.54 Å². The van der Waals surface area contributed by atoms with Crippen LogP contribution in [0.4, 0.5) is 0 Å². The molecule has 0 heterocycles. The van der Waals surface area contributed by atoms with Gasteiger partial charge in [0.05, 0.1) is 0 Å². The van der Waals surface area contributed by atoms with Crippen molar-refractivity contribution in [2.75, 3.05) is 6.54 Å². The Hall–Kier alpha value is -0.820. The van der Waals surface area contributed by atoms with Crippen LogP contribution in [0.15, 0.2) is 35.5 Å². The van der Waals surface area contributed by atoms with E-state index in [4.69, 9.17) is 5.73 Å². The third-order valence-electron chi connectivity index (χ3n) is 1.63. The second-order valence-corrected chi connectivity index (χ2v) is 2.55. The van der Waals surface area contributed by atoms with E-state index >= 15 is 0 Å². The van der Waals surface area contributed by atoms with Crippen LogP contribution in [0, 0.1) is 0 Å². The minimum Gasteiger partial charge on any atom is -0.327 e. The van der Waals surface area contributed by atoms with Crippen LogP contribution in [-0.2, 0) is 0 Å². The molecule has 0 aliphatic rings. The molecule has 0 saturated carbocycles. The van der Waals surface area contributed by atoms with Crippen molar-refractivity contribution >= 4 is 0 Å². The number of nitrogens with two attached hydrogens (primary N) is 1. The van der Waals surface area contributed by atoms with Crippen LogP contribution in [0.25, 0.3) is 0 Å². The number of rotatable bonds is 3. The first kappa shape index (κ1) is 10.2. The van der Waals surface area contributed by atoms with Crippen LogP contribution >= 0.6 is 0 Å². The molecule has 0 aliphatic carbocycles. The lowest BCUT2D eigenvalue weighted by Crippen LogP contribution is -2.01. The summed E-state index contributed by atoms with van der Waals surface area (Å²) in [6.07, 6.45) is 8.10. The Balaban J connectivity index is 4.14. The first-order chi connectivity index (χ1) is 5.22. The van der Waals surface area contributed by atoms with Crippen molar-refractivity contribution in [1.29, 1.82) is 0 Å². The van der Waals surface area contributed by atoms with Crippen molar-refractivity contribution in [3.63, 3.8) is 0 Å². The van der Waals surface area contributed by atoms with Gasteiger partial charge in [-0.2, -0.15) is 0 Å². The topological polar surface area (TPSA) is 26.0 Å². The zero-order valence-electron chi connectivity index (χ0n) is 7.59. The van der Waals surface area contributed by atoms with Gasteiger partial charge >= 0.3 is 0 Å². The van der Waals surface area contributed by atoms with Gasteiger partial charge < -0.3 is 5.73 Å². The maximum atomic E-state index is 5.47. The quantitative estimate of drug-likeness (QED) is 0.616. The smallest absolute Gasteiger partial charge is 0.0139 e. The molecule has 0 saturated heterocycles. The van der Waals surface area contributed by atoms with Crippen LogP contribution in [0.3, 0.4) is 0 Å². The number of allylic oxidation sites excluding steroid dienone is 5. The Bertz CT molecular complexity index is 185.